The summed E-state index contributed by atoms with van der Waals surface area (Å²) in [6, 6.07) is 17.0. The number of hydrogen-bond donors (Lipinski definition) is 0. The minimum atomic E-state index is 0.368. The molecule has 1 aliphatic heterocycles. The van der Waals surface area contributed by atoms with Crippen molar-refractivity contribution in [2.75, 3.05) is 0 Å². The molecule has 0 radical (unpaired) electrons. The van der Waals surface area contributed by atoms with Gasteiger partial charge < -0.3 is 4.74 Å². The summed E-state index contributed by atoms with van der Waals surface area (Å²) in [4.78, 5) is 0. The number of unbranched alkanes of at least 4 members (excludes halogenated alkanes) is 2. The Morgan fingerprint density at radius 3 is 2.61 bits per heavy atom. The molecule has 0 amide bonds. The molecule has 1 unspecified atom stereocenters. The summed E-state index contributed by atoms with van der Waals surface area (Å²) in [7, 11) is 0. The molecule has 0 N–H and O–H groups in total. The van der Waals surface area contributed by atoms with Crippen LogP contribution in [0.25, 0.3) is 0 Å². The van der Waals surface area contributed by atoms with Crippen molar-refractivity contribution in [3.63, 3.8) is 0 Å². The third-order valence-corrected chi connectivity index (χ3v) is 4.62. The first kappa shape index (κ1) is 15.6. The van der Waals surface area contributed by atoms with E-state index in [0.717, 1.165) is 30.8 Å². The topological polar surface area (TPSA) is 33.0 Å². The van der Waals surface area contributed by atoms with Gasteiger partial charge in [-0.3, -0.25) is 0 Å². The summed E-state index contributed by atoms with van der Waals surface area (Å²) < 4.78 is 6.17. The molecule has 2 aromatic carbocycles. The monoisotopic (exact) mass is 305 g/mol. The average molecular weight is 305 g/mol. The van der Waals surface area contributed by atoms with E-state index in [4.69, 9.17) is 10.00 Å². The Morgan fingerprint density at radius 1 is 1.04 bits per heavy atom. The first-order valence-corrected chi connectivity index (χ1v) is 8.49. The molecule has 0 spiro atoms. The van der Waals surface area contributed by atoms with Gasteiger partial charge in [-0.25, -0.2) is 0 Å². The van der Waals surface area contributed by atoms with Crippen LogP contribution in [-0.4, -0.2) is 0 Å². The molecule has 0 saturated carbocycles. The molecule has 2 aromatic rings. The van der Waals surface area contributed by atoms with E-state index in [1.54, 1.807) is 0 Å². The second-order valence-corrected chi connectivity index (χ2v) is 6.51. The molecule has 1 heterocycles. The summed E-state index contributed by atoms with van der Waals surface area (Å²) >= 11 is 0. The van der Waals surface area contributed by atoms with E-state index < -0.39 is 0 Å². The van der Waals surface area contributed by atoms with Gasteiger partial charge in [0.2, 0.25) is 0 Å². The van der Waals surface area contributed by atoms with E-state index in [0.29, 0.717) is 18.3 Å². The van der Waals surface area contributed by atoms with Gasteiger partial charge in [-0.1, -0.05) is 50.6 Å². The lowest BCUT2D eigenvalue weighted by Crippen LogP contribution is -2.13. The Morgan fingerprint density at radius 2 is 1.83 bits per heavy atom. The maximum atomic E-state index is 8.77. The molecule has 118 valence electrons. The zero-order valence-electron chi connectivity index (χ0n) is 13.9. The molecule has 0 fully saturated rings. The lowest BCUT2D eigenvalue weighted by molar-refractivity contribution is 0.434. The molecule has 2 nitrogen and oxygen atoms in total. The third-order valence-electron chi connectivity index (χ3n) is 4.62. The highest BCUT2D eigenvalue weighted by Crippen LogP contribution is 2.48. The highest BCUT2D eigenvalue weighted by Gasteiger charge is 2.29. The quantitative estimate of drug-likeness (QED) is 0.622. The summed E-state index contributed by atoms with van der Waals surface area (Å²) in [5.74, 6) is 2.82. The molecule has 2 heteroatoms. The van der Waals surface area contributed by atoms with Gasteiger partial charge in [0.1, 0.15) is 11.5 Å². The number of nitriles is 1. The van der Waals surface area contributed by atoms with Crippen LogP contribution in [0.2, 0.25) is 0 Å². The van der Waals surface area contributed by atoms with Crippen molar-refractivity contribution >= 4 is 0 Å². The second kappa shape index (κ2) is 6.87. The van der Waals surface area contributed by atoms with Gasteiger partial charge in [0.15, 0.2) is 0 Å². The highest BCUT2D eigenvalue weighted by molar-refractivity contribution is 5.56. The van der Waals surface area contributed by atoms with Gasteiger partial charge in [0, 0.05) is 23.5 Å². The molecule has 0 aromatic heterocycles. The zero-order valence-corrected chi connectivity index (χ0v) is 13.9. The van der Waals surface area contributed by atoms with Gasteiger partial charge in [0.25, 0.3) is 0 Å². The van der Waals surface area contributed by atoms with Crippen LogP contribution < -0.4 is 4.74 Å². The number of benzene rings is 2. The minimum absolute atomic E-state index is 0.368. The maximum Gasteiger partial charge on any atom is 0.131 e. The van der Waals surface area contributed by atoms with Crippen LogP contribution in [-0.2, 0) is 0 Å². The van der Waals surface area contributed by atoms with E-state index >= 15 is 0 Å². The Hall–Kier alpha value is -2.27. The fourth-order valence-electron chi connectivity index (χ4n) is 3.51. The molecule has 1 atom stereocenters. The number of nitrogens with zero attached hydrogens (tertiary/aromatic N) is 1. The van der Waals surface area contributed by atoms with Gasteiger partial charge in [0.05, 0.1) is 6.07 Å². The van der Waals surface area contributed by atoms with Crippen LogP contribution in [0.5, 0.6) is 11.5 Å². The van der Waals surface area contributed by atoms with E-state index in [-0.39, 0.29) is 0 Å². The van der Waals surface area contributed by atoms with E-state index in [1.165, 1.54) is 16.7 Å². The number of ether oxygens (including phenoxy) is 1. The van der Waals surface area contributed by atoms with Crippen molar-refractivity contribution in [3.8, 4) is 17.6 Å². The summed E-state index contributed by atoms with van der Waals surface area (Å²) in [6.07, 6.45) is 3.75. The van der Waals surface area contributed by atoms with E-state index in [9.17, 15) is 0 Å². The molecule has 1 aliphatic rings. The molecule has 23 heavy (non-hydrogen) atoms. The number of fused-ring (bicyclic) bond motifs is 2. The Bertz CT molecular complexity index is 727. The van der Waals surface area contributed by atoms with Crippen LogP contribution in [0.3, 0.4) is 0 Å². The summed E-state index contributed by atoms with van der Waals surface area (Å²) in [5.41, 5.74) is 4.01. The normalized spacial score (nSPS) is 15.5. The van der Waals surface area contributed by atoms with Crippen LogP contribution in [0.15, 0.2) is 42.5 Å². The standard InChI is InChI=1S/C21H23NO/c1-15(2)16-11-8-13-20-21(16)18(10-4-3-7-14-22)17-9-5-6-12-19(17)23-20/h5-6,8-9,11-13,15,18H,3-4,7,10H2,1-2H3. The highest BCUT2D eigenvalue weighted by atomic mass is 16.5. The van der Waals surface area contributed by atoms with Crippen LogP contribution >= 0.6 is 0 Å². The summed E-state index contributed by atoms with van der Waals surface area (Å²) in [6.45, 7) is 4.48. The molecular weight excluding hydrogens is 282 g/mol. The number of rotatable bonds is 5. The predicted octanol–water partition coefficient (Wildman–Crippen LogP) is 6.13. The van der Waals surface area contributed by atoms with Crippen molar-refractivity contribution < 1.29 is 4.74 Å². The van der Waals surface area contributed by atoms with E-state index in [2.05, 4.69) is 56.3 Å². The first-order chi connectivity index (χ1) is 11.2. The SMILES string of the molecule is CC(C)c1cccc2c1C(CCCCC#N)c1ccccc1O2. The van der Waals surface area contributed by atoms with Crippen LogP contribution in [0.1, 0.15) is 68.1 Å². The molecular formula is C21H23NO. The van der Waals surface area contributed by atoms with Gasteiger partial charge >= 0.3 is 0 Å². The van der Waals surface area contributed by atoms with Crippen molar-refractivity contribution in [2.24, 2.45) is 0 Å². The molecule has 0 bridgehead atoms. The van der Waals surface area contributed by atoms with Crippen molar-refractivity contribution in [1.29, 1.82) is 5.26 Å². The van der Waals surface area contributed by atoms with E-state index in [1.807, 2.05) is 6.07 Å². The molecule has 0 aliphatic carbocycles. The third kappa shape index (κ3) is 3.10. The van der Waals surface area contributed by atoms with Crippen LogP contribution in [0, 0.1) is 11.3 Å². The van der Waals surface area contributed by atoms with Crippen molar-refractivity contribution in [2.45, 2.75) is 51.4 Å². The smallest absolute Gasteiger partial charge is 0.131 e. The molecule has 0 saturated heterocycles. The van der Waals surface area contributed by atoms with Gasteiger partial charge in [-0.05, 0) is 36.5 Å². The number of hydrogen-bond acceptors (Lipinski definition) is 2. The molecule has 3 rings (SSSR count). The lowest BCUT2D eigenvalue weighted by Gasteiger charge is -2.31. The Kier molecular flexibility index (Phi) is 4.67. The largest absolute Gasteiger partial charge is 0.457 e. The summed E-state index contributed by atoms with van der Waals surface area (Å²) in [5, 5.41) is 8.77. The average Bonchev–Trinajstić information content (AvgIpc) is 2.57. The fourth-order valence-corrected chi connectivity index (χ4v) is 3.51. The van der Waals surface area contributed by atoms with Crippen molar-refractivity contribution in [1.82, 2.24) is 0 Å². The fraction of sp³-hybridized carbons (Fsp3) is 0.381. The second-order valence-electron chi connectivity index (χ2n) is 6.51. The first-order valence-electron chi connectivity index (χ1n) is 8.49. The predicted molar refractivity (Wildman–Crippen MR) is 93.0 cm³/mol. The minimum Gasteiger partial charge on any atom is -0.457 e. The van der Waals surface area contributed by atoms with Crippen LogP contribution in [0.4, 0.5) is 0 Å². The van der Waals surface area contributed by atoms with Gasteiger partial charge in [-0.2, -0.15) is 5.26 Å². The van der Waals surface area contributed by atoms with Gasteiger partial charge in [-0.15, -0.1) is 0 Å². The lowest BCUT2D eigenvalue weighted by atomic mass is 9.79. The number of para-hydroxylation sites is 1. The van der Waals surface area contributed by atoms with Crippen molar-refractivity contribution in [3.05, 3.63) is 59.2 Å². The Balaban J connectivity index is 2.01. The Labute approximate surface area is 138 Å². The zero-order chi connectivity index (χ0) is 16.2. The maximum absolute atomic E-state index is 8.77.